The van der Waals surface area contributed by atoms with Gasteiger partial charge in [-0.3, -0.25) is 4.79 Å². The molecule has 0 N–H and O–H groups in total. The highest BCUT2D eigenvalue weighted by atomic mass is 32.1. The van der Waals surface area contributed by atoms with E-state index >= 15 is 0 Å². The third-order valence-electron chi connectivity index (χ3n) is 2.65. The monoisotopic (exact) mass is 261 g/mol. The van der Waals surface area contributed by atoms with E-state index in [1.54, 1.807) is 19.2 Å². The van der Waals surface area contributed by atoms with Crippen molar-refractivity contribution in [2.45, 2.75) is 0 Å². The minimum Gasteiger partial charge on any atom is -0.286 e. The first-order chi connectivity index (χ1) is 8.65. The third-order valence-corrected chi connectivity index (χ3v) is 3.76. The number of benzene rings is 1. The van der Waals surface area contributed by atoms with Crippen LogP contribution in [0, 0.1) is 5.82 Å². The van der Waals surface area contributed by atoms with Crippen LogP contribution in [0.2, 0.25) is 0 Å². The maximum atomic E-state index is 13.1. The summed E-state index contributed by atoms with van der Waals surface area (Å²) in [6.45, 7) is 0. The van der Waals surface area contributed by atoms with E-state index in [0.29, 0.717) is 10.6 Å². The molecule has 0 aliphatic rings. The molecule has 0 spiro atoms. The lowest BCUT2D eigenvalue weighted by atomic mass is 10.2. The number of rotatable bonds is 2. The van der Waals surface area contributed by atoms with Gasteiger partial charge in [0.15, 0.2) is 0 Å². The number of hydrogen-bond donors (Lipinski definition) is 0. The summed E-state index contributed by atoms with van der Waals surface area (Å²) in [6, 6.07) is 6.18. The van der Waals surface area contributed by atoms with Gasteiger partial charge in [0.2, 0.25) is 5.78 Å². The summed E-state index contributed by atoms with van der Waals surface area (Å²) in [7, 11) is 1.66. The second-order valence-electron chi connectivity index (χ2n) is 3.86. The van der Waals surface area contributed by atoms with Crippen molar-refractivity contribution in [2.75, 3.05) is 0 Å². The molecule has 6 heteroatoms. The van der Waals surface area contributed by atoms with Crippen molar-refractivity contribution >= 4 is 27.2 Å². The molecule has 0 unspecified atom stereocenters. The first-order valence-corrected chi connectivity index (χ1v) is 6.05. The first-order valence-electron chi connectivity index (χ1n) is 5.23. The van der Waals surface area contributed by atoms with Crippen LogP contribution in [-0.4, -0.2) is 20.8 Å². The van der Waals surface area contributed by atoms with E-state index in [1.807, 2.05) is 0 Å². The van der Waals surface area contributed by atoms with Gasteiger partial charge in [-0.15, -0.1) is 16.4 Å². The number of nitrogens with zero attached hydrogens (tertiary/aromatic N) is 3. The molecule has 2 heterocycles. The van der Waals surface area contributed by atoms with Crippen LogP contribution in [-0.2, 0) is 7.05 Å². The highest BCUT2D eigenvalue weighted by Gasteiger charge is 2.16. The smallest absolute Gasteiger partial charge is 0.222 e. The predicted octanol–water partition coefficient (Wildman–Crippen LogP) is 2.40. The molecular weight excluding hydrogens is 253 g/mol. The molecule has 0 atom stereocenters. The highest BCUT2D eigenvalue weighted by molar-refractivity contribution is 7.21. The molecule has 0 saturated heterocycles. The quantitative estimate of drug-likeness (QED) is 0.665. The van der Waals surface area contributed by atoms with Crippen molar-refractivity contribution in [1.29, 1.82) is 0 Å². The van der Waals surface area contributed by atoms with Gasteiger partial charge in [-0.25, -0.2) is 9.07 Å². The van der Waals surface area contributed by atoms with Crippen LogP contribution in [0.25, 0.3) is 10.1 Å². The van der Waals surface area contributed by atoms with Crippen molar-refractivity contribution in [2.24, 2.45) is 7.05 Å². The Morgan fingerprint density at radius 2 is 2.22 bits per heavy atom. The van der Waals surface area contributed by atoms with Crippen LogP contribution in [0.4, 0.5) is 4.39 Å². The summed E-state index contributed by atoms with van der Waals surface area (Å²) >= 11 is 1.34. The lowest BCUT2D eigenvalue weighted by Gasteiger charge is -1.95. The maximum absolute atomic E-state index is 13.1. The number of halogens is 1. The normalized spacial score (nSPS) is 11.0. The fraction of sp³-hybridized carbons (Fsp3) is 0.0833. The summed E-state index contributed by atoms with van der Waals surface area (Å²) in [5, 5.41) is 8.13. The average Bonchev–Trinajstić information content (AvgIpc) is 2.93. The first kappa shape index (κ1) is 11.0. The molecule has 0 fully saturated rings. The molecule has 0 aliphatic heterocycles. The second-order valence-corrected chi connectivity index (χ2v) is 4.95. The fourth-order valence-electron chi connectivity index (χ4n) is 1.75. The highest BCUT2D eigenvalue weighted by Crippen LogP contribution is 2.27. The molecule has 0 saturated carbocycles. The van der Waals surface area contributed by atoms with Crippen LogP contribution < -0.4 is 0 Å². The molecule has 18 heavy (non-hydrogen) atoms. The lowest BCUT2D eigenvalue weighted by Crippen LogP contribution is -2.06. The Hall–Kier alpha value is -2.08. The third kappa shape index (κ3) is 1.70. The number of hydrogen-bond acceptors (Lipinski definition) is 4. The van der Waals surface area contributed by atoms with E-state index in [-0.39, 0.29) is 11.6 Å². The fourth-order valence-corrected chi connectivity index (χ4v) is 2.74. The van der Waals surface area contributed by atoms with Crippen LogP contribution >= 0.6 is 11.3 Å². The van der Waals surface area contributed by atoms with E-state index in [1.165, 1.54) is 34.3 Å². The minimum atomic E-state index is -0.304. The second kappa shape index (κ2) is 3.99. The minimum absolute atomic E-state index is 0.149. The van der Waals surface area contributed by atoms with Gasteiger partial charge in [0.25, 0.3) is 0 Å². The van der Waals surface area contributed by atoms with Crippen molar-refractivity contribution < 1.29 is 9.18 Å². The van der Waals surface area contributed by atoms with Gasteiger partial charge in [0.1, 0.15) is 11.5 Å². The lowest BCUT2D eigenvalue weighted by molar-refractivity contribution is 0.103. The van der Waals surface area contributed by atoms with Gasteiger partial charge in [-0.05, 0) is 29.7 Å². The van der Waals surface area contributed by atoms with Crippen molar-refractivity contribution in [1.82, 2.24) is 15.0 Å². The number of ketones is 1. The number of aryl methyl sites for hydroxylation is 1. The van der Waals surface area contributed by atoms with Crippen molar-refractivity contribution in [3.63, 3.8) is 0 Å². The van der Waals surface area contributed by atoms with Gasteiger partial charge in [-0.2, -0.15) is 0 Å². The van der Waals surface area contributed by atoms with E-state index in [0.717, 1.165) is 10.1 Å². The van der Waals surface area contributed by atoms with Crippen molar-refractivity contribution in [3.05, 3.63) is 46.9 Å². The van der Waals surface area contributed by atoms with Gasteiger partial charge < -0.3 is 0 Å². The van der Waals surface area contributed by atoms with Crippen LogP contribution in [0.3, 0.4) is 0 Å². The Labute approximate surface area is 106 Å². The maximum Gasteiger partial charge on any atom is 0.222 e. The Bertz CT molecular complexity index is 747. The zero-order valence-corrected chi connectivity index (χ0v) is 10.2. The van der Waals surface area contributed by atoms with Gasteiger partial charge >= 0.3 is 0 Å². The number of thiophene rings is 1. The molecule has 0 bridgehead atoms. The van der Waals surface area contributed by atoms with Gasteiger partial charge in [0, 0.05) is 11.7 Å². The van der Waals surface area contributed by atoms with Crippen LogP contribution in [0.15, 0.2) is 30.5 Å². The zero-order valence-electron chi connectivity index (χ0n) is 9.42. The topological polar surface area (TPSA) is 47.8 Å². The SMILES string of the molecule is Cn1nncc1C(=O)c1cc2cc(F)ccc2s1. The molecule has 0 radical (unpaired) electrons. The number of carbonyl (C=O) groups is 1. The molecular formula is C12H8FN3OS. The molecule has 0 aliphatic carbocycles. The Balaban J connectivity index is 2.10. The standard InChI is InChI=1S/C12H8FN3OS/c1-16-9(6-14-15-16)12(17)11-5-7-4-8(13)2-3-10(7)18-11/h2-6H,1H3. The molecule has 0 amide bonds. The summed E-state index contributed by atoms with van der Waals surface area (Å²) in [6.07, 6.45) is 1.42. The number of fused-ring (bicyclic) bond motifs is 1. The molecule has 90 valence electrons. The van der Waals surface area contributed by atoms with Gasteiger partial charge in [0.05, 0.1) is 11.1 Å². The Morgan fingerprint density at radius 1 is 1.39 bits per heavy atom. The van der Waals surface area contributed by atoms with Crippen LogP contribution in [0.5, 0.6) is 0 Å². The van der Waals surface area contributed by atoms with E-state index < -0.39 is 0 Å². The van der Waals surface area contributed by atoms with Crippen LogP contribution in [0.1, 0.15) is 15.4 Å². The Kier molecular flexibility index (Phi) is 2.45. The summed E-state index contributed by atoms with van der Waals surface area (Å²) in [4.78, 5) is 12.8. The molecule has 3 aromatic rings. The summed E-state index contributed by atoms with van der Waals surface area (Å²) < 4.78 is 15.4. The number of aromatic nitrogens is 3. The molecule has 2 aromatic heterocycles. The van der Waals surface area contributed by atoms with E-state index in [2.05, 4.69) is 10.3 Å². The molecule has 1 aromatic carbocycles. The van der Waals surface area contributed by atoms with Gasteiger partial charge in [-0.1, -0.05) is 5.21 Å². The zero-order chi connectivity index (χ0) is 12.7. The van der Waals surface area contributed by atoms with E-state index in [9.17, 15) is 9.18 Å². The Morgan fingerprint density at radius 3 is 2.94 bits per heavy atom. The largest absolute Gasteiger partial charge is 0.286 e. The van der Waals surface area contributed by atoms with Crippen molar-refractivity contribution in [3.8, 4) is 0 Å². The summed E-state index contributed by atoms with van der Waals surface area (Å²) in [5.41, 5.74) is 0.419. The average molecular weight is 261 g/mol. The summed E-state index contributed by atoms with van der Waals surface area (Å²) in [5.74, 6) is -0.453. The number of carbonyl (C=O) groups excluding carboxylic acids is 1. The molecule has 4 nitrogen and oxygen atoms in total. The molecule has 3 rings (SSSR count). The predicted molar refractivity (Wildman–Crippen MR) is 66.2 cm³/mol. The van der Waals surface area contributed by atoms with E-state index in [4.69, 9.17) is 0 Å².